The van der Waals surface area contributed by atoms with Crippen LogP contribution in [0.4, 0.5) is 4.39 Å². The molecule has 0 bridgehead atoms. The first kappa shape index (κ1) is 16.6. The smallest absolute Gasteiger partial charge is 0.161 e. The van der Waals surface area contributed by atoms with Crippen LogP contribution < -0.4 is 21.4 Å². The molecule has 1 aromatic heterocycles. The maximum Gasteiger partial charge on any atom is 0.161 e. The third-order valence-corrected chi connectivity index (χ3v) is 4.54. The Kier molecular flexibility index (Phi) is 4.34. The van der Waals surface area contributed by atoms with Crippen LogP contribution >= 0.6 is 0 Å². The molecule has 2 aliphatic rings. The largest absolute Gasteiger partial charge is 0.515 e. The fourth-order valence-electron chi connectivity index (χ4n) is 3.31. The first-order valence-corrected chi connectivity index (χ1v) is 8.53. The average molecular weight is 357 g/mol. The Balaban J connectivity index is 1.63. The predicted molar refractivity (Wildman–Crippen MR) is 94.5 cm³/mol. The van der Waals surface area contributed by atoms with E-state index in [4.69, 9.17) is 10.5 Å². The number of nitrogens with one attached hydrogen (secondary N) is 1. The van der Waals surface area contributed by atoms with Gasteiger partial charge in [-0.15, -0.1) is 0 Å². The van der Waals surface area contributed by atoms with Crippen LogP contribution in [0, 0.1) is 5.82 Å². The number of hydrogen-bond acceptors (Lipinski definition) is 6. The summed E-state index contributed by atoms with van der Waals surface area (Å²) in [6, 6.07) is 4.73. The van der Waals surface area contributed by atoms with Gasteiger partial charge in [0, 0.05) is 29.8 Å². The number of fused-ring (bicyclic) bond motifs is 2. The number of hydrogen-bond donors (Lipinski definition) is 3. The summed E-state index contributed by atoms with van der Waals surface area (Å²) in [6.07, 6.45) is 4.23. The molecular weight excluding hydrogens is 337 g/mol. The number of halogens is 1. The molecule has 7 nitrogen and oxygen atoms in total. The molecule has 0 fully saturated rings. The van der Waals surface area contributed by atoms with Gasteiger partial charge in [-0.25, -0.2) is 14.1 Å². The van der Waals surface area contributed by atoms with Gasteiger partial charge in [-0.1, -0.05) is 0 Å². The van der Waals surface area contributed by atoms with Gasteiger partial charge in [0.05, 0.1) is 24.9 Å². The highest BCUT2D eigenvalue weighted by atomic mass is 19.1. The Morgan fingerprint density at radius 3 is 3.19 bits per heavy atom. The monoisotopic (exact) mass is 357 g/mol. The van der Waals surface area contributed by atoms with Crippen LogP contribution in [-0.4, -0.2) is 34.0 Å². The molecule has 0 saturated heterocycles. The van der Waals surface area contributed by atoms with Gasteiger partial charge in [0.2, 0.25) is 0 Å². The summed E-state index contributed by atoms with van der Waals surface area (Å²) in [4.78, 5) is 8.92. The Morgan fingerprint density at radius 2 is 2.38 bits per heavy atom. The molecule has 8 heteroatoms. The fourth-order valence-corrected chi connectivity index (χ4v) is 3.31. The van der Waals surface area contributed by atoms with Gasteiger partial charge in [-0.3, -0.25) is 4.99 Å². The molecule has 136 valence electrons. The van der Waals surface area contributed by atoms with Crippen molar-refractivity contribution in [3.8, 4) is 5.75 Å². The second-order valence-corrected chi connectivity index (χ2v) is 6.36. The number of aliphatic hydroxyl groups excluding tert-OH is 1. The van der Waals surface area contributed by atoms with E-state index in [1.165, 1.54) is 12.1 Å². The number of nitrogens with zero attached hydrogens (tertiary/aromatic N) is 3. The number of ether oxygens (including phenoxy) is 1. The SMILES string of the molecule is NCC[C@H]1Cc2cc(F)cc(CN=c3ccn4c(n3)C(=CO)CN4)c2O1. The summed E-state index contributed by atoms with van der Waals surface area (Å²) < 4.78 is 21.6. The molecule has 0 saturated carbocycles. The summed E-state index contributed by atoms with van der Waals surface area (Å²) in [5.74, 6) is 1.03. The zero-order valence-corrected chi connectivity index (χ0v) is 14.2. The molecule has 0 amide bonds. The lowest BCUT2D eigenvalue weighted by molar-refractivity contribution is 0.222. The lowest BCUT2D eigenvalue weighted by Crippen LogP contribution is -2.18. The van der Waals surface area contributed by atoms with Gasteiger partial charge in [0.15, 0.2) is 11.3 Å². The minimum Gasteiger partial charge on any atom is -0.515 e. The summed E-state index contributed by atoms with van der Waals surface area (Å²) in [7, 11) is 0. The van der Waals surface area contributed by atoms with Crippen LogP contribution in [0.2, 0.25) is 0 Å². The highest BCUT2D eigenvalue weighted by Gasteiger charge is 2.25. The van der Waals surface area contributed by atoms with Crippen molar-refractivity contribution in [2.75, 3.05) is 18.5 Å². The van der Waals surface area contributed by atoms with Gasteiger partial charge in [0.1, 0.15) is 17.7 Å². The minimum atomic E-state index is -0.293. The van der Waals surface area contributed by atoms with Gasteiger partial charge in [0.25, 0.3) is 0 Å². The Hall–Kier alpha value is -2.87. The van der Waals surface area contributed by atoms with E-state index in [-0.39, 0.29) is 18.5 Å². The van der Waals surface area contributed by atoms with Crippen molar-refractivity contribution < 1.29 is 14.2 Å². The van der Waals surface area contributed by atoms with Crippen molar-refractivity contribution in [1.82, 2.24) is 9.66 Å². The Morgan fingerprint density at radius 1 is 1.50 bits per heavy atom. The number of aromatic nitrogens is 2. The van der Waals surface area contributed by atoms with E-state index in [0.717, 1.165) is 18.2 Å². The van der Waals surface area contributed by atoms with Crippen molar-refractivity contribution >= 4 is 5.57 Å². The van der Waals surface area contributed by atoms with Crippen molar-refractivity contribution in [2.45, 2.75) is 25.5 Å². The zero-order chi connectivity index (χ0) is 18.1. The molecule has 2 aliphatic heterocycles. The molecule has 0 unspecified atom stereocenters. The van der Waals surface area contributed by atoms with Gasteiger partial charge < -0.3 is 21.0 Å². The van der Waals surface area contributed by atoms with Crippen LogP contribution in [0.3, 0.4) is 0 Å². The summed E-state index contributed by atoms with van der Waals surface area (Å²) in [5.41, 5.74) is 11.4. The molecular formula is C18H20FN5O2. The highest BCUT2D eigenvalue weighted by molar-refractivity contribution is 5.64. The lowest BCUT2D eigenvalue weighted by Gasteiger charge is -2.10. The van der Waals surface area contributed by atoms with Crippen LogP contribution in [0.25, 0.3) is 5.57 Å². The third-order valence-electron chi connectivity index (χ3n) is 4.54. The van der Waals surface area contributed by atoms with Crippen molar-refractivity contribution in [3.63, 3.8) is 0 Å². The van der Waals surface area contributed by atoms with E-state index in [1.54, 1.807) is 16.9 Å². The van der Waals surface area contributed by atoms with E-state index in [9.17, 15) is 9.50 Å². The normalized spacial score (nSPS) is 20.0. The van der Waals surface area contributed by atoms with Gasteiger partial charge in [-0.2, -0.15) is 0 Å². The second kappa shape index (κ2) is 6.80. The number of nitrogens with two attached hydrogens (primary N) is 1. The maximum atomic E-state index is 14.0. The minimum absolute atomic E-state index is 0.00612. The van der Waals surface area contributed by atoms with Gasteiger partial charge in [-0.05, 0) is 25.1 Å². The molecule has 26 heavy (non-hydrogen) atoms. The van der Waals surface area contributed by atoms with Crippen molar-refractivity contribution in [2.24, 2.45) is 10.7 Å². The first-order chi connectivity index (χ1) is 12.7. The van der Waals surface area contributed by atoms with Crippen molar-refractivity contribution in [3.05, 3.63) is 58.9 Å². The number of aliphatic hydroxyl groups is 1. The Bertz CT molecular complexity index is 938. The molecule has 0 spiro atoms. The fraction of sp³-hybridized carbons (Fsp3) is 0.333. The van der Waals surface area contributed by atoms with Gasteiger partial charge >= 0.3 is 0 Å². The standard InChI is InChI=1S/C18H20FN5O2/c19-14-5-11-7-15(1-3-20)26-17(11)12(6-14)8-21-16-2-4-24-18(23-16)13(10-25)9-22-24/h2,4-6,10,15,22,25H,1,3,7-9,20H2/t15-/m0/s1. The summed E-state index contributed by atoms with van der Waals surface area (Å²) in [6.45, 7) is 1.30. The van der Waals surface area contributed by atoms with Crippen LogP contribution in [0.5, 0.6) is 5.75 Å². The average Bonchev–Trinajstić information content (AvgIpc) is 3.22. The molecule has 0 radical (unpaired) electrons. The van der Waals surface area contributed by atoms with Crippen LogP contribution in [0.1, 0.15) is 23.4 Å². The predicted octanol–water partition coefficient (Wildman–Crippen LogP) is 1.23. The Labute approximate surface area is 149 Å². The molecule has 3 heterocycles. The molecule has 2 aromatic rings. The van der Waals surface area contributed by atoms with Crippen LogP contribution in [0.15, 0.2) is 35.7 Å². The third kappa shape index (κ3) is 3.03. The molecule has 4 N–H and O–H groups in total. The number of rotatable bonds is 4. The van der Waals surface area contributed by atoms with Crippen molar-refractivity contribution in [1.29, 1.82) is 0 Å². The summed E-state index contributed by atoms with van der Waals surface area (Å²) >= 11 is 0. The van der Waals surface area contributed by atoms with E-state index < -0.39 is 0 Å². The summed E-state index contributed by atoms with van der Waals surface area (Å²) in [5, 5.41) is 9.26. The van der Waals surface area contributed by atoms with E-state index >= 15 is 0 Å². The van der Waals surface area contributed by atoms with E-state index in [1.807, 2.05) is 0 Å². The topological polar surface area (TPSA) is 97.7 Å². The van der Waals surface area contributed by atoms with Crippen LogP contribution in [-0.2, 0) is 13.0 Å². The molecule has 4 rings (SSSR count). The lowest BCUT2D eigenvalue weighted by atomic mass is 10.0. The maximum absolute atomic E-state index is 14.0. The zero-order valence-electron chi connectivity index (χ0n) is 14.2. The number of benzene rings is 1. The first-order valence-electron chi connectivity index (χ1n) is 8.53. The van der Waals surface area contributed by atoms with E-state index in [0.29, 0.717) is 47.7 Å². The molecule has 1 atom stereocenters. The molecule has 0 aliphatic carbocycles. The second-order valence-electron chi connectivity index (χ2n) is 6.36. The quantitative estimate of drug-likeness (QED) is 0.715. The highest BCUT2D eigenvalue weighted by Crippen LogP contribution is 2.34. The molecule has 1 aromatic carbocycles. The van der Waals surface area contributed by atoms with E-state index in [2.05, 4.69) is 15.4 Å².